The van der Waals surface area contributed by atoms with Crippen molar-refractivity contribution in [3.8, 4) is 11.5 Å². The zero-order chi connectivity index (χ0) is 10.9. The number of nitrogens with zero attached hydrogens (tertiary/aromatic N) is 3. The van der Waals surface area contributed by atoms with Crippen LogP contribution in [0.15, 0.2) is 24.4 Å². The number of halogens is 3. The number of hydrogen-bond acceptors (Lipinski definition) is 3. The molecule has 0 aromatic carbocycles. The Labute approximate surface area is 82.2 Å². The van der Waals surface area contributed by atoms with Crippen LogP contribution in [0, 0.1) is 0 Å². The first-order chi connectivity index (χ1) is 7.07. The van der Waals surface area contributed by atoms with Crippen LogP contribution in [-0.2, 0) is 6.18 Å². The Bertz CT molecular complexity index is 448. The van der Waals surface area contributed by atoms with Crippen molar-refractivity contribution in [2.75, 3.05) is 0 Å². The topological polar surface area (TPSA) is 54.5 Å². The van der Waals surface area contributed by atoms with Crippen molar-refractivity contribution in [3.05, 3.63) is 30.2 Å². The maximum Gasteiger partial charge on any atom is 0.451 e. The van der Waals surface area contributed by atoms with Crippen molar-refractivity contribution in [1.29, 1.82) is 0 Å². The average molecular weight is 214 g/mol. The lowest BCUT2D eigenvalue weighted by Gasteiger charge is -1.98. The molecular weight excluding hydrogens is 209 g/mol. The molecule has 0 radical (unpaired) electrons. The van der Waals surface area contributed by atoms with Gasteiger partial charge in [-0.05, 0) is 12.1 Å². The van der Waals surface area contributed by atoms with E-state index >= 15 is 0 Å². The van der Waals surface area contributed by atoms with E-state index in [4.69, 9.17) is 0 Å². The normalized spacial score (nSPS) is 11.7. The van der Waals surface area contributed by atoms with Crippen molar-refractivity contribution in [3.63, 3.8) is 0 Å². The van der Waals surface area contributed by atoms with Crippen molar-refractivity contribution in [2.45, 2.75) is 6.18 Å². The summed E-state index contributed by atoms with van der Waals surface area (Å²) in [5.41, 5.74) is 0.296. The summed E-state index contributed by atoms with van der Waals surface area (Å²) in [4.78, 5) is 7.13. The summed E-state index contributed by atoms with van der Waals surface area (Å²) < 4.78 is 36.5. The average Bonchev–Trinajstić information content (AvgIpc) is 2.67. The third-order valence-corrected chi connectivity index (χ3v) is 1.65. The van der Waals surface area contributed by atoms with Crippen LogP contribution in [0.3, 0.4) is 0 Å². The Hall–Kier alpha value is -1.92. The van der Waals surface area contributed by atoms with E-state index in [0.717, 1.165) is 0 Å². The molecule has 0 aliphatic carbocycles. The largest absolute Gasteiger partial charge is 0.451 e. The summed E-state index contributed by atoms with van der Waals surface area (Å²) in [7, 11) is 0. The first-order valence-corrected chi connectivity index (χ1v) is 3.98. The lowest BCUT2D eigenvalue weighted by Crippen LogP contribution is -2.07. The third kappa shape index (κ3) is 1.95. The Kier molecular flexibility index (Phi) is 2.14. The molecule has 78 valence electrons. The zero-order valence-corrected chi connectivity index (χ0v) is 7.28. The Morgan fingerprint density at radius 3 is 2.53 bits per heavy atom. The monoisotopic (exact) mass is 214 g/mol. The van der Waals surface area contributed by atoms with Gasteiger partial charge in [0.1, 0.15) is 5.69 Å². The van der Waals surface area contributed by atoms with Crippen LogP contribution in [0.5, 0.6) is 0 Å². The smallest absolute Gasteiger partial charge is 0.255 e. The van der Waals surface area contributed by atoms with Crippen LogP contribution < -0.4 is 0 Å². The van der Waals surface area contributed by atoms with Gasteiger partial charge in [-0.15, -0.1) is 0 Å². The van der Waals surface area contributed by atoms with Crippen LogP contribution in [0.1, 0.15) is 5.82 Å². The quantitative estimate of drug-likeness (QED) is 0.788. The third-order valence-electron chi connectivity index (χ3n) is 1.65. The molecule has 0 saturated heterocycles. The predicted octanol–water partition coefficient (Wildman–Crippen LogP) is 1.89. The molecule has 0 amide bonds. The van der Waals surface area contributed by atoms with Gasteiger partial charge in [-0.1, -0.05) is 6.07 Å². The molecule has 2 aromatic heterocycles. The summed E-state index contributed by atoms with van der Waals surface area (Å²) in [6.07, 6.45) is -3.06. The summed E-state index contributed by atoms with van der Waals surface area (Å²) in [6, 6.07) is 4.83. The second kappa shape index (κ2) is 3.34. The maximum absolute atomic E-state index is 12.2. The molecular formula is C8H5F3N4. The number of hydrogen-bond donors (Lipinski definition) is 1. The summed E-state index contributed by atoms with van der Waals surface area (Å²) in [5.74, 6) is -1.19. The summed E-state index contributed by atoms with van der Waals surface area (Å²) >= 11 is 0. The Morgan fingerprint density at radius 1 is 1.20 bits per heavy atom. The number of nitrogens with one attached hydrogen (secondary N) is 1. The fraction of sp³-hybridized carbons (Fsp3) is 0.125. The minimum atomic E-state index is -4.51. The van der Waals surface area contributed by atoms with Gasteiger partial charge in [0.05, 0.1) is 0 Å². The van der Waals surface area contributed by atoms with E-state index in [2.05, 4.69) is 15.1 Å². The van der Waals surface area contributed by atoms with Gasteiger partial charge < -0.3 is 0 Å². The Balaban J connectivity index is 2.37. The van der Waals surface area contributed by atoms with Gasteiger partial charge in [-0.25, -0.2) is 4.98 Å². The van der Waals surface area contributed by atoms with E-state index in [-0.39, 0.29) is 5.82 Å². The lowest BCUT2D eigenvalue weighted by atomic mass is 10.3. The number of rotatable bonds is 1. The number of aromatic nitrogens is 4. The zero-order valence-electron chi connectivity index (χ0n) is 7.28. The van der Waals surface area contributed by atoms with Gasteiger partial charge in [0.15, 0.2) is 5.82 Å². The highest BCUT2D eigenvalue weighted by atomic mass is 19.4. The highest BCUT2D eigenvalue weighted by Gasteiger charge is 2.35. The standard InChI is InChI=1S/C8H5F3N4/c9-8(10,11)7-13-6(14-15-7)5-3-1-2-4-12-5/h1-4H,(H,13,14,15). The number of pyridine rings is 1. The van der Waals surface area contributed by atoms with Crippen LogP contribution in [-0.4, -0.2) is 20.2 Å². The van der Waals surface area contributed by atoms with Crippen LogP contribution >= 0.6 is 0 Å². The highest BCUT2D eigenvalue weighted by Crippen LogP contribution is 2.26. The van der Waals surface area contributed by atoms with Crippen LogP contribution in [0.4, 0.5) is 13.2 Å². The highest BCUT2D eigenvalue weighted by molar-refractivity contribution is 5.47. The molecule has 1 N–H and O–H groups in total. The van der Waals surface area contributed by atoms with E-state index in [9.17, 15) is 13.2 Å². The molecule has 0 unspecified atom stereocenters. The van der Waals surface area contributed by atoms with E-state index < -0.39 is 12.0 Å². The van der Waals surface area contributed by atoms with Gasteiger partial charge in [0.25, 0.3) is 0 Å². The van der Waals surface area contributed by atoms with Gasteiger partial charge in [0, 0.05) is 6.20 Å². The van der Waals surface area contributed by atoms with Crippen molar-refractivity contribution in [2.24, 2.45) is 0 Å². The van der Waals surface area contributed by atoms with Crippen molar-refractivity contribution >= 4 is 0 Å². The molecule has 2 heterocycles. The van der Waals surface area contributed by atoms with Gasteiger partial charge in [-0.2, -0.15) is 18.3 Å². The number of H-pyrrole nitrogens is 1. The molecule has 7 heteroatoms. The Morgan fingerprint density at radius 2 is 2.00 bits per heavy atom. The molecule has 0 saturated carbocycles. The van der Waals surface area contributed by atoms with E-state index in [0.29, 0.717) is 5.69 Å². The minimum absolute atomic E-state index is 0.0667. The van der Waals surface area contributed by atoms with Crippen molar-refractivity contribution < 1.29 is 13.2 Å². The molecule has 2 rings (SSSR count). The number of alkyl halides is 3. The van der Waals surface area contributed by atoms with E-state index in [1.807, 2.05) is 5.10 Å². The molecule has 0 spiro atoms. The van der Waals surface area contributed by atoms with Gasteiger partial charge in [-0.3, -0.25) is 10.1 Å². The minimum Gasteiger partial charge on any atom is -0.255 e. The summed E-state index contributed by atoms with van der Waals surface area (Å²) in [6.45, 7) is 0. The predicted molar refractivity (Wildman–Crippen MR) is 44.6 cm³/mol. The molecule has 0 bridgehead atoms. The molecule has 0 atom stereocenters. The van der Waals surface area contributed by atoms with Gasteiger partial charge >= 0.3 is 6.18 Å². The molecule has 15 heavy (non-hydrogen) atoms. The van der Waals surface area contributed by atoms with Gasteiger partial charge in [0.2, 0.25) is 5.82 Å². The van der Waals surface area contributed by atoms with Crippen LogP contribution in [0.2, 0.25) is 0 Å². The molecule has 0 aliphatic rings. The van der Waals surface area contributed by atoms with E-state index in [1.54, 1.807) is 12.1 Å². The second-order valence-corrected chi connectivity index (χ2v) is 2.72. The second-order valence-electron chi connectivity index (χ2n) is 2.72. The fourth-order valence-electron chi connectivity index (χ4n) is 0.998. The molecule has 4 nitrogen and oxygen atoms in total. The molecule has 2 aromatic rings. The first kappa shape index (κ1) is 9.63. The lowest BCUT2D eigenvalue weighted by molar-refractivity contribution is -0.144. The SMILES string of the molecule is FC(F)(F)c1nc(-c2ccccn2)n[nH]1. The number of aromatic amines is 1. The van der Waals surface area contributed by atoms with Crippen LogP contribution in [0.25, 0.3) is 11.5 Å². The van der Waals surface area contributed by atoms with Crippen molar-refractivity contribution in [1.82, 2.24) is 20.2 Å². The molecule has 0 aliphatic heterocycles. The summed E-state index contributed by atoms with van der Waals surface area (Å²) in [5, 5.41) is 5.25. The maximum atomic E-state index is 12.2. The first-order valence-electron chi connectivity index (χ1n) is 3.98. The molecule has 0 fully saturated rings. The fourth-order valence-corrected chi connectivity index (χ4v) is 0.998. The van der Waals surface area contributed by atoms with E-state index in [1.165, 1.54) is 12.3 Å².